The average molecular weight is 349 g/mol. The number of hydrogen-bond donors (Lipinski definition) is 1. The fourth-order valence-electron chi connectivity index (χ4n) is 3.46. The van der Waals surface area contributed by atoms with Crippen LogP contribution < -0.4 is 15.5 Å². The molecule has 1 saturated heterocycles. The standard InChI is InChI=1S/C19H23N7/c1-14-12-15(2)26(23-14)19-17(20)18(21-13-22-19)25-10-8-24(9-11-25)16-6-4-3-5-7-16/h3-7,12-13H,8-11,20H2,1-2H3. The van der Waals surface area contributed by atoms with Gasteiger partial charge in [-0.3, -0.25) is 0 Å². The molecule has 0 unspecified atom stereocenters. The molecule has 3 heterocycles. The lowest BCUT2D eigenvalue weighted by Crippen LogP contribution is -2.47. The molecule has 7 heteroatoms. The molecule has 3 aromatic rings. The van der Waals surface area contributed by atoms with Crippen molar-refractivity contribution < 1.29 is 0 Å². The monoisotopic (exact) mass is 349 g/mol. The molecule has 134 valence electrons. The predicted molar refractivity (Wildman–Crippen MR) is 104 cm³/mol. The van der Waals surface area contributed by atoms with Crippen LogP contribution >= 0.6 is 0 Å². The molecule has 26 heavy (non-hydrogen) atoms. The molecular weight excluding hydrogens is 326 g/mol. The zero-order valence-electron chi connectivity index (χ0n) is 15.1. The van der Waals surface area contributed by atoms with Crippen molar-refractivity contribution in [2.45, 2.75) is 13.8 Å². The molecule has 0 aliphatic carbocycles. The second-order valence-corrected chi connectivity index (χ2v) is 6.58. The maximum absolute atomic E-state index is 6.43. The lowest BCUT2D eigenvalue weighted by molar-refractivity contribution is 0.646. The van der Waals surface area contributed by atoms with Gasteiger partial charge in [-0.05, 0) is 32.0 Å². The van der Waals surface area contributed by atoms with Gasteiger partial charge >= 0.3 is 0 Å². The van der Waals surface area contributed by atoms with Gasteiger partial charge in [0.05, 0.1) is 5.69 Å². The Morgan fingerprint density at radius 2 is 1.54 bits per heavy atom. The number of para-hydroxylation sites is 1. The van der Waals surface area contributed by atoms with Crippen molar-refractivity contribution in [2.24, 2.45) is 0 Å². The number of anilines is 3. The molecule has 0 atom stereocenters. The summed E-state index contributed by atoms with van der Waals surface area (Å²) in [5.74, 6) is 1.43. The first-order chi connectivity index (χ1) is 12.6. The maximum Gasteiger partial charge on any atom is 0.182 e. The Morgan fingerprint density at radius 1 is 0.885 bits per heavy atom. The van der Waals surface area contributed by atoms with Crippen LogP contribution in [-0.2, 0) is 0 Å². The van der Waals surface area contributed by atoms with Crippen molar-refractivity contribution in [2.75, 3.05) is 41.7 Å². The molecule has 1 aromatic carbocycles. The molecule has 7 nitrogen and oxygen atoms in total. The Bertz CT molecular complexity index is 896. The molecule has 2 aromatic heterocycles. The number of rotatable bonds is 3. The number of nitrogens with zero attached hydrogens (tertiary/aromatic N) is 6. The van der Waals surface area contributed by atoms with E-state index in [4.69, 9.17) is 5.73 Å². The third kappa shape index (κ3) is 2.96. The van der Waals surface area contributed by atoms with E-state index in [1.54, 1.807) is 11.0 Å². The number of aromatic nitrogens is 4. The summed E-state index contributed by atoms with van der Waals surface area (Å²) in [5, 5.41) is 4.50. The third-order valence-electron chi connectivity index (χ3n) is 4.75. The highest BCUT2D eigenvalue weighted by Gasteiger charge is 2.22. The predicted octanol–water partition coefficient (Wildman–Crippen LogP) is 2.19. The summed E-state index contributed by atoms with van der Waals surface area (Å²) in [6, 6.07) is 12.5. The normalized spacial score (nSPS) is 14.7. The van der Waals surface area contributed by atoms with E-state index in [9.17, 15) is 0 Å². The van der Waals surface area contributed by atoms with Crippen molar-refractivity contribution >= 4 is 17.2 Å². The average Bonchev–Trinajstić information content (AvgIpc) is 3.01. The fraction of sp³-hybridized carbons (Fsp3) is 0.316. The Kier molecular flexibility index (Phi) is 4.20. The van der Waals surface area contributed by atoms with Gasteiger partial charge in [0, 0.05) is 37.6 Å². The van der Waals surface area contributed by atoms with Gasteiger partial charge in [-0.2, -0.15) is 5.10 Å². The van der Waals surface area contributed by atoms with E-state index in [1.165, 1.54) is 5.69 Å². The topological polar surface area (TPSA) is 76.1 Å². The number of hydrogen-bond acceptors (Lipinski definition) is 6. The van der Waals surface area contributed by atoms with Crippen LogP contribution in [0.1, 0.15) is 11.4 Å². The Labute approximate surface area is 153 Å². The van der Waals surface area contributed by atoms with E-state index in [1.807, 2.05) is 26.0 Å². The van der Waals surface area contributed by atoms with Crippen molar-refractivity contribution in [3.05, 3.63) is 54.1 Å². The highest BCUT2D eigenvalue weighted by molar-refractivity contribution is 5.70. The maximum atomic E-state index is 6.43. The third-order valence-corrected chi connectivity index (χ3v) is 4.75. The number of aryl methyl sites for hydroxylation is 2. The van der Waals surface area contributed by atoms with E-state index in [0.29, 0.717) is 11.5 Å². The van der Waals surface area contributed by atoms with Crippen LogP contribution in [0.25, 0.3) is 5.82 Å². The first-order valence-corrected chi connectivity index (χ1v) is 8.82. The molecule has 0 saturated carbocycles. The van der Waals surface area contributed by atoms with Gasteiger partial charge in [0.2, 0.25) is 0 Å². The Balaban J connectivity index is 1.56. The second kappa shape index (κ2) is 6.67. The van der Waals surface area contributed by atoms with Crippen molar-refractivity contribution in [1.29, 1.82) is 0 Å². The summed E-state index contributed by atoms with van der Waals surface area (Å²) in [6.45, 7) is 7.56. The van der Waals surface area contributed by atoms with Crippen molar-refractivity contribution in [1.82, 2.24) is 19.7 Å². The van der Waals surface area contributed by atoms with E-state index < -0.39 is 0 Å². The van der Waals surface area contributed by atoms with Crippen LogP contribution in [0.3, 0.4) is 0 Å². The largest absolute Gasteiger partial charge is 0.393 e. The highest BCUT2D eigenvalue weighted by atomic mass is 15.3. The van der Waals surface area contributed by atoms with E-state index in [-0.39, 0.29) is 0 Å². The van der Waals surface area contributed by atoms with E-state index in [0.717, 1.165) is 43.4 Å². The highest BCUT2D eigenvalue weighted by Crippen LogP contribution is 2.27. The lowest BCUT2D eigenvalue weighted by atomic mass is 10.2. The molecule has 0 bridgehead atoms. The second-order valence-electron chi connectivity index (χ2n) is 6.58. The van der Waals surface area contributed by atoms with Crippen LogP contribution in [0, 0.1) is 13.8 Å². The first-order valence-electron chi connectivity index (χ1n) is 8.82. The fourth-order valence-corrected chi connectivity index (χ4v) is 3.46. The zero-order valence-corrected chi connectivity index (χ0v) is 15.1. The summed E-state index contributed by atoms with van der Waals surface area (Å²) in [7, 11) is 0. The molecule has 0 spiro atoms. The number of nitrogen functional groups attached to an aromatic ring is 1. The van der Waals surface area contributed by atoms with Gasteiger partial charge < -0.3 is 15.5 Å². The van der Waals surface area contributed by atoms with Crippen LogP contribution in [0.4, 0.5) is 17.2 Å². The quantitative estimate of drug-likeness (QED) is 0.781. The summed E-state index contributed by atoms with van der Waals surface area (Å²) in [4.78, 5) is 13.4. The minimum atomic E-state index is 0.576. The van der Waals surface area contributed by atoms with Gasteiger partial charge in [0.25, 0.3) is 0 Å². The van der Waals surface area contributed by atoms with Crippen LogP contribution in [0.2, 0.25) is 0 Å². The lowest BCUT2D eigenvalue weighted by Gasteiger charge is -2.37. The van der Waals surface area contributed by atoms with Crippen LogP contribution in [0.5, 0.6) is 0 Å². The molecule has 1 aliphatic heterocycles. The summed E-state index contributed by atoms with van der Waals surface area (Å²) >= 11 is 0. The van der Waals surface area contributed by atoms with Crippen LogP contribution in [-0.4, -0.2) is 45.9 Å². The molecule has 2 N–H and O–H groups in total. The van der Waals surface area contributed by atoms with Crippen molar-refractivity contribution in [3.8, 4) is 5.82 Å². The number of benzene rings is 1. The molecule has 1 aliphatic rings. The summed E-state index contributed by atoms with van der Waals surface area (Å²) < 4.78 is 1.79. The first kappa shape index (κ1) is 16.4. The molecule has 0 radical (unpaired) electrons. The van der Waals surface area contributed by atoms with Gasteiger partial charge in [-0.1, -0.05) is 18.2 Å². The van der Waals surface area contributed by atoms with Crippen LogP contribution in [0.15, 0.2) is 42.7 Å². The van der Waals surface area contributed by atoms with Crippen molar-refractivity contribution in [3.63, 3.8) is 0 Å². The molecule has 4 rings (SSSR count). The SMILES string of the molecule is Cc1cc(C)n(-c2ncnc(N3CCN(c4ccccc4)CC3)c2N)n1. The van der Waals surface area contributed by atoms with Gasteiger partial charge in [-0.25, -0.2) is 14.6 Å². The minimum absolute atomic E-state index is 0.576. The van der Waals surface area contributed by atoms with Gasteiger partial charge in [-0.15, -0.1) is 0 Å². The molecule has 1 fully saturated rings. The Morgan fingerprint density at radius 3 is 2.19 bits per heavy atom. The van der Waals surface area contributed by atoms with Gasteiger partial charge in [0.1, 0.15) is 12.0 Å². The zero-order chi connectivity index (χ0) is 18.1. The molecule has 0 amide bonds. The molecular formula is C19H23N7. The number of piperazine rings is 1. The van der Waals surface area contributed by atoms with E-state index in [2.05, 4.69) is 49.1 Å². The van der Waals surface area contributed by atoms with E-state index >= 15 is 0 Å². The smallest absolute Gasteiger partial charge is 0.182 e. The number of nitrogens with two attached hydrogens (primary N) is 1. The summed E-state index contributed by atoms with van der Waals surface area (Å²) in [5.41, 5.74) is 10.2. The summed E-state index contributed by atoms with van der Waals surface area (Å²) in [6.07, 6.45) is 1.57. The van der Waals surface area contributed by atoms with Gasteiger partial charge in [0.15, 0.2) is 11.6 Å². The Hall–Kier alpha value is -3.09. The minimum Gasteiger partial charge on any atom is -0.393 e.